The largest absolute Gasteiger partial charge is 0.379 e. The van der Waals surface area contributed by atoms with Gasteiger partial charge in [-0.15, -0.1) is 5.10 Å². The molecule has 2 saturated carbocycles. The van der Waals surface area contributed by atoms with Crippen LogP contribution in [-0.4, -0.2) is 39.9 Å². The van der Waals surface area contributed by atoms with Crippen molar-refractivity contribution >= 4 is 41.7 Å². The summed E-state index contributed by atoms with van der Waals surface area (Å²) in [6, 6.07) is 12.1. The molecule has 0 bridgehead atoms. The highest BCUT2D eigenvalue weighted by molar-refractivity contribution is 6.36. The van der Waals surface area contributed by atoms with Crippen LogP contribution >= 0.6 is 11.6 Å². The maximum atomic E-state index is 13.8. The van der Waals surface area contributed by atoms with Gasteiger partial charge < -0.3 is 16.4 Å². The molecule has 196 valence electrons. The van der Waals surface area contributed by atoms with Crippen LogP contribution in [0.2, 0.25) is 5.02 Å². The Kier molecular flexibility index (Phi) is 6.65. The molecule has 2 heterocycles. The first kappa shape index (κ1) is 25.6. The summed E-state index contributed by atoms with van der Waals surface area (Å²) in [5.74, 6) is -0.372. The summed E-state index contributed by atoms with van der Waals surface area (Å²) in [6.07, 6.45) is 9.43. The second kappa shape index (κ2) is 10.1. The van der Waals surface area contributed by atoms with Crippen molar-refractivity contribution in [2.75, 3.05) is 10.6 Å². The Morgan fingerprint density at radius 1 is 1.15 bits per heavy atom. The van der Waals surface area contributed by atoms with Crippen molar-refractivity contribution in [1.82, 2.24) is 20.0 Å². The molecule has 8 nitrogen and oxygen atoms in total. The van der Waals surface area contributed by atoms with Gasteiger partial charge in [0.2, 0.25) is 0 Å². The third kappa shape index (κ3) is 4.93. The molecule has 4 N–H and O–H groups in total. The Labute approximate surface area is 232 Å². The summed E-state index contributed by atoms with van der Waals surface area (Å²) in [5.41, 5.74) is 8.31. The van der Waals surface area contributed by atoms with E-state index in [9.17, 15) is 9.65 Å². The molecule has 3 atom stereocenters. The maximum absolute atomic E-state index is 13.8. The second-order valence-corrected chi connectivity index (χ2v) is 10.9. The first-order chi connectivity index (χ1) is 18.9. The van der Waals surface area contributed by atoms with E-state index in [4.69, 9.17) is 25.2 Å². The number of hydrogen-bond acceptors (Lipinski definition) is 7. The summed E-state index contributed by atoms with van der Waals surface area (Å²) in [7, 11) is 7.02. The Hall–Kier alpha value is -3.68. The van der Waals surface area contributed by atoms with Crippen molar-refractivity contribution in [1.29, 1.82) is 5.26 Å². The normalized spacial score (nSPS) is 20.8. The highest BCUT2D eigenvalue weighted by Gasteiger charge is 2.34. The highest BCUT2D eigenvalue weighted by Crippen LogP contribution is 2.39. The Bertz CT molecular complexity index is 1560. The number of pyridine rings is 1. The zero-order chi connectivity index (χ0) is 27.1. The number of benzene rings is 2. The number of hydrogen-bond donors (Lipinski definition) is 3. The lowest BCUT2D eigenvalue weighted by Gasteiger charge is -2.32. The topological polar surface area (TPSA) is 117 Å². The number of anilines is 2. The number of rotatable bonds is 7. The number of nitrogens with two attached hydrogens (primary N) is 1. The number of fused-ring (bicyclic) bond motifs is 1. The molecule has 4 aromatic rings. The number of halogens is 2. The Morgan fingerprint density at radius 2 is 1.92 bits per heavy atom. The van der Waals surface area contributed by atoms with E-state index in [0.29, 0.717) is 50.2 Å². The van der Waals surface area contributed by atoms with Gasteiger partial charge >= 0.3 is 0 Å². The molecule has 0 saturated heterocycles. The van der Waals surface area contributed by atoms with Gasteiger partial charge in [0.15, 0.2) is 0 Å². The minimum absolute atomic E-state index is 0.0189. The van der Waals surface area contributed by atoms with Crippen LogP contribution in [0.1, 0.15) is 61.4 Å². The van der Waals surface area contributed by atoms with E-state index in [1.54, 1.807) is 18.2 Å². The van der Waals surface area contributed by atoms with Gasteiger partial charge in [0, 0.05) is 29.4 Å². The van der Waals surface area contributed by atoms with Crippen molar-refractivity contribution in [3.05, 3.63) is 76.5 Å². The SMILES string of the molecule is [B]C(Nc1cc(Cl)c2ncc(C#N)c(N[C@H]3CCCC[C@H]3N)c2c1)(c1ccc(F)cc1)c1cn(C2CC2)nn1. The summed E-state index contributed by atoms with van der Waals surface area (Å²) in [6.45, 7) is 0. The van der Waals surface area contributed by atoms with Crippen LogP contribution in [0.15, 0.2) is 48.8 Å². The van der Waals surface area contributed by atoms with Gasteiger partial charge in [0.05, 0.1) is 39.5 Å². The molecule has 2 aromatic carbocycles. The van der Waals surface area contributed by atoms with Gasteiger partial charge in [-0.25, -0.2) is 9.07 Å². The van der Waals surface area contributed by atoms with Crippen LogP contribution in [0, 0.1) is 17.1 Å². The van der Waals surface area contributed by atoms with Gasteiger partial charge in [0.25, 0.3) is 0 Å². The first-order valence-corrected chi connectivity index (χ1v) is 13.5. The molecule has 0 aliphatic heterocycles. The van der Waals surface area contributed by atoms with Gasteiger partial charge in [-0.05, 0) is 55.5 Å². The molecule has 6 rings (SSSR count). The van der Waals surface area contributed by atoms with Gasteiger partial charge in [-0.2, -0.15) is 5.26 Å². The van der Waals surface area contributed by atoms with Crippen molar-refractivity contribution < 1.29 is 4.39 Å². The van der Waals surface area contributed by atoms with Crippen LogP contribution in [0.5, 0.6) is 0 Å². The summed E-state index contributed by atoms with van der Waals surface area (Å²) < 4.78 is 15.6. The van der Waals surface area contributed by atoms with E-state index in [2.05, 4.69) is 32.0 Å². The monoisotopic (exact) mass is 540 g/mol. The molecule has 2 aliphatic rings. The van der Waals surface area contributed by atoms with E-state index < -0.39 is 5.44 Å². The lowest BCUT2D eigenvalue weighted by atomic mass is 9.69. The van der Waals surface area contributed by atoms with Crippen molar-refractivity contribution in [2.24, 2.45) is 5.73 Å². The summed E-state index contributed by atoms with van der Waals surface area (Å²) >= 11 is 6.74. The maximum Gasteiger partial charge on any atom is 0.123 e. The number of nitrogens with one attached hydrogen (secondary N) is 2. The lowest BCUT2D eigenvalue weighted by Crippen LogP contribution is -2.42. The number of aromatic nitrogens is 4. The van der Waals surface area contributed by atoms with E-state index in [1.807, 2.05) is 16.9 Å². The minimum atomic E-state index is -1.35. The van der Waals surface area contributed by atoms with E-state index in [1.165, 1.54) is 18.3 Å². The minimum Gasteiger partial charge on any atom is -0.379 e. The molecule has 11 heteroatoms. The molecule has 39 heavy (non-hydrogen) atoms. The Balaban J connectivity index is 1.45. The third-order valence-electron chi connectivity index (χ3n) is 7.67. The predicted molar refractivity (Wildman–Crippen MR) is 150 cm³/mol. The van der Waals surface area contributed by atoms with Crippen molar-refractivity contribution in [3.63, 3.8) is 0 Å². The van der Waals surface area contributed by atoms with Gasteiger partial charge in [0.1, 0.15) is 25.4 Å². The molecular formula is C28H27BClFN8. The van der Waals surface area contributed by atoms with Crippen LogP contribution in [0.25, 0.3) is 10.9 Å². The lowest BCUT2D eigenvalue weighted by molar-refractivity contribution is 0.404. The molecule has 2 fully saturated rings. The fourth-order valence-electron chi connectivity index (χ4n) is 5.30. The highest BCUT2D eigenvalue weighted by atomic mass is 35.5. The fourth-order valence-corrected chi connectivity index (χ4v) is 5.56. The van der Waals surface area contributed by atoms with Crippen LogP contribution in [0.4, 0.5) is 15.8 Å². The molecule has 1 unspecified atom stereocenters. The van der Waals surface area contributed by atoms with Crippen LogP contribution in [-0.2, 0) is 5.44 Å². The molecule has 0 spiro atoms. The molecular weight excluding hydrogens is 514 g/mol. The zero-order valence-electron chi connectivity index (χ0n) is 21.2. The number of nitriles is 1. The van der Waals surface area contributed by atoms with Crippen molar-refractivity contribution in [2.45, 2.75) is 62.1 Å². The average Bonchev–Trinajstić information content (AvgIpc) is 3.66. The van der Waals surface area contributed by atoms with E-state index >= 15 is 0 Å². The predicted octanol–water partition coefficient (Wildman–Crippen LogP) is 4.99. The molecule has 2 aliphatic carbocycles. The third-order valence-corrected chi connectivity index (χ3v) is 7.96. The van der Waals surface area contributed by atoms with Gasteiger partial charge in [-0.1, -0.05) is 41.8 Å². The summed E-state index contributed by atoms with van der Waals surface area (Å²) in [5, 5.41) is 26.5. The smallest absolute Gasteiger partial charge is 0.123 e. The average molecular weight is 541 g/mol. The van der Waals surface area contributed by atoms with Crippen molar-refractivity contribution in [3.8, 4) is 6.07 Å². The zero-order valence-corrected chi connectivity index (χ0v) is 22.0. The first-order valence-electron chi connectivity index (χ1n) is 13.2. The molecule has 2 aromatic heterocycles. The van der Waals surface area contributed by atoms with Crippen LogP contribution in [0.3, 0.4) is 0 Å². The van der Waals surface area contributed by atoms with E-state index in [0.717, 1.165) is 38.5 Å². The summed E-state index contributed by atoms with van der Waals surface area (Å²) in [4.78, 5) is 4.47. The fraction of sp³-hybridized carbons (Fsp3) is 0.357. The number of nitrogens with zero attached hydrogens (tertiary/aromatic N) is 5. The quantitative estimate of drug-likeness (QED) is 0.283. The van der Waals surface area contributed by atoms with Crippen LogP contribution < -0.4 is 16.4 Å². The van der Waals surface area contributed by atoms with E-state index in [-0.39, 0.29) is 17.9 Å². The molecule has 0 amide bonds. The van der Waals surface area contributed by atoms with Gasteiger partial charge in [-0.3, -0.25) is 4.98 Å². The standard InChI is InChI=1S/C28H27BClFN8/c29-28(17-5-7-18(31)8-6-17,25-15-39(38-37-25)20-9-10-20)36-19-11-21-26(35-24-4-2-1-3-23(24)33)16(13-32)14-34-27(21)22(30)12-19/h5-8,11-12,14-15,20,23-24,36H,1-4,9-10,33H2,(H,34,35)/t23-,24+,28?/m1/s1. The Morgan fingerprint density at radius 3 is 2.64 bits per heavy atom. The second-order valence-electron chi connectivity index (χ2n) is 10.5. The molecule has 2 radical (unpaired) electrons.